The van der Waals surface area contributed by atoms with Crippen molar-refractivity contribution in [1.82, 2.24) is 14.6 Å². The number of nitrogens with zero attached hydrogens (tertiary/aromatic N) is 5. The molecule has 176 valence electrons. The Morgan fingerprint density at radius 1 is 1.24 bits per heavy atom. The number of rotatable bonds is 10. The van der Waals surface area contributed by atoms with E-state index in [0.717, 1.165) is 17.1 Å². The number of morpholine rings is 1. The summed E-state index contributed by atoms with van der Waals surface area (Å²) in [5.74, 6) is 1.23. The van der Waals surface area contributed by atoms with Gasteiger partial charge in [-0.2, -0.15) is 9.61 Å². The van der Waals surface area contributed by atoms with Crippen molar-refractivity contribution in [1.29, 1.82) is 0 Å². The minimum atomic E-state index is -0.551. The lowest BCUT2D eigenvalue weighted by atomic mass is 10.2. The number of fused-ring (bicyclic) bond motifs is 1. The molecular formula is C24H26N6O4. The highest BCUT2D eigenvalue weighted by Gasteiger charge is 2.20. The molecule has 0 radical (unpaired) electrons. The second kappa shape index (κ2) is 10.7. The first-order valence-electron chi connectivity index (χ1n) is 10.8. The number of allylic oxidation sites excluding steroid dienone is 2. The van der Waals surface area contributed by atoms with E-state index in [1.165, 1.54) is 12.2 Å². The summed E-state index contributed by atoms with van der Waals surface area (Å²) in [5, 5.41) is 19.0. The zero-order valence-corrected chi connectivity index (χ0v) is 18.7. The molecule has 2 aromatic heterocycles. The molecule has 1 aliphatic rings. The third kappa shape index (κ3) is 5.48. The lowest BCUT2D eigenvalue weighted by molar-refractivity contribution is -0.420. The van der Waals surface area contributed by atoms with Crippen molar-refractivity contribution in [2.45, 2.75) is 13.2 Å². The number of ether oxygens (including phenoxy) is 2. The van der Waals surface area contributed by atoms with Crippen molar-refractivity contribution in [3.63, 3.8) is 0 Å². The Balaban J connectivity index is 1.63. The fraction of sp³-hybridized carbons (Fsp3) is 0.250. The van der Waals surface area contributed by atoms with Crippen LogP contribution in [0.2, 0.25) is 0 Å². The molecule has 1 aromatic carbocycles. The van der Waals surface area contributed by atoms with E-state index in [-0.39, 0.29) is 11.4 Å². The van der Waals surface area contributed by atoms with Crippen molar-refractivity contribution in [3.8, 4) is 0 Å². The SMILES string of the molecule is C=C/C=C(/Nc1cc(N2CCOCC2)n2nc(COCc3ccccc3)cc2n1)C(=C)[N+](=O)[O-]. The summed E-state index contributed by atoms with van der Waals surface area (Å²) < 4.78 is 13.1. The molecule has 4 rings (SSSR count). The zero-order valence-electron chi connectivity index (χ0n) is 18.7. The highest BCUT2D eigenvalue weighted by Crippen LogP contribution is 2.24. The molecule has 3 heterocycles. The van der Waals surface area contributed by atoms with Crippen LogP contribution in [0.4, 0.5) is 11.6 Å². The molecule has 1 N–H and O–H groups in total. The van der Waals surface area contributed by atoms with Gasteiger partial charge in [0.25, 0.3) is 5.70 Å². The van der Waals surface area contributed by atoms with E-state index in [9.17, 15) is 10.1 Å². The Hall–Kier alpha value is -4.02. The first-order chi connectivity index (χ1) is 16.5. The summed E-state index contributed by atoms with van der Waals surface area (Å²) in [4.78, 5) is 17.5. The lowest BCUT2D eigenvalue weighted by Gasteiger charge is -2.29. The summed E-state index contributed by atoms with van der Waals surface area (Å²) in [5.41, 5.74) is 2.33. The fourth-order valence-electron chi connectivity index (χ4n) is 3.57. The number of hydrogen-bond donors (Lipinski definition) is 1. The van der Waals surface area contributed by atoms with Gasteiger partial charge in [0.2, 0.25) is 0 Å². The van der Waals surface area contributed by atoms with Crippen molar-refractivity contribution in [3.05, 3.63) is 101 Å². The minimum Gasteiger partial charge on any atom is -0.378 e. The van der Waals surface area contributed by atoms with Crippen LogP contribution in [0.1, 0.15) is 11.3 Å². The van der Waals surface area contributed by atoms with Gasteiger partial charge in [-0.1, -0.05) is 43.0 Å². The van der Waals surface area contributed by atoms with Gasteiger partial charge in [0, 0.05) is 25.2 Å². The summed E-state index contributed by atoms with van der Waals surface area (Å²) in [6.45, 7) is 10.5. The Morgan fingerprint density at radius 2 is 2.00 bits per heavy atom. The fourth-order valence-corrected chi connectivity index (χ4v) is 3.57. The molecule has 10 nitrogen and oxygen atoms in total. The number of benzene rings is 1. The number of nitrogens with one attached hydrogen (secondary N) is 1. The van der Waals surface area contributed by atoms with Gasteiger partial charge in [-0.3, -0.25) is 10.1 Å². The van der Waals surface area contributed by atoms with E-state index in [2.05, 4.69) is 28.4 Å². The molecule has 1 aliphatic heterocycles. The largest absolute Gasteiger partial charge is 0.378 e. The van der Waals surface area contributed by atoms with Gasteiger partial charge in [-0.05, 0) is 18.2 Å². The van der Waals surface area contributed by atoms with Gasteiger partial charge in [0.1, 0.15) is 17.3 Å². The highest BCUT2D eigenvalue weighted by molar-refractivity contribution is 5.61. The van der Waals surface area contributed by atoms with Crippen molar-refractivity contribution in [2.24, 2.45) is 0 Å². The van der Waals surface area contributed by atoms with Gasteiger partial charge < -0.3 is 19.7 Å². The minimum absolute atomic E-state index is 0.204. The zero-order chi connectivity index (χ0) is 23.9. The van der Waals surface area contributed by atoms with E-state index in [1.54, 1.807) is 4.52 Å². The van der Waals surface area contributed by atoms with Crippen LogP contribution in [-0.2, 0) is 22.7 Å². The maximum atomic E-state index is 11.3. The van der Waals surface area contributed by atoms with Crippen LogP contribution in [0.15, 0.2) is 79.2 Å². The van der Waals surface area contributed by atoms with Crippen molar-refractivity contribution in [2.75, 3.05) is 36.5 Å². The molecule has 34 heavy (non-hydrogen) atoms. The molecule has 0 bridgehead atoms. The average molecular weight is 463 g/mol. The molecule has 3 aromatic rings. The van der Waals surface area contributed by atoms with Crippen LogP contribution in [0, 0.1) is 10.1 Å². The predicted octanol–water partition coefficient (Wildman–Crippen LogP) is 3.55. The van der Waals surface area contributed by atoms with Gasteiger partial charge in [-0.25, -0.2) is 4.98 Å². The quantitative estimate of drug-likeness (QED) is 0.277. The number of aromatic nitrogens is 3. The van der Waals surface area contributed by atoms with Crippen LogP contribution >= 0.6 is 0 Å². The summed E-state index contributed by atoms with van der Waals surface area (Å²) >= 11 is 0. The molecule has 0 amide bonds. The molecule has 10 heteroatoms. The second-order valence-electron chi connectivity index (χ2n) is 7.63. The first-order valence-corrected chi connectivity index (χ1v) is 10.8. The molecule has 1 fully saturated rings. The van der Waals surface area contributed by atoms with Crippen LogP contribution in [0.5, 0.6) is 0 Å². The normalized spacial score (nSPS) is 14.2. The van der Waals surface area contributed by atoms with Gasteiger partial charge in [-0.15, -0.1) is 0 Å². The lowest BCUT2D eigenvalue weighted by Crippen LogP contribution is -2.37. The van der Waals surface area contributed by atoms with Crippen LogP contribution < -0.4 is 10.2 Å². The Morgan fingerprint density at radius 3 is 2.71 bits per heavy atom. The molecule has 0 saturated carbocycles. The topological polar surface area (TPSA) is 107 Å². The smallest absolute Gasteiger partial charge is 0.285 e. The number of hydrogen-bond acceptors (Lipinski definition) is 8. The Bertz CT molecular complexity index is 1210. The second-order valence-corrected chi connectivity index (χ2v) is 7.63. The monoisotopic (exact) mass is 462 g/mol. The van der Waals surface area contributed by atoms with E-state index in [0.29, 0.717) is 51.0 Å². The van der Waals surface area contributed by atoms with Crippen molar-refractivity contribution < 1.29 is 14.4 Å². The molecule has 1 saturated heterocycles. The number of anilines is 2. The molecular weight excluding hydrogens is 436 g/mol. The summed E-state index contributed by atoms with van der Waals surface area (Å²) in [6.07, 6.45) is 2.95. The Kier molecular flexibility index (Phi) is 7.31. The van der Waals surface area contributed by atoms with E-state index >= 15 is 0 Å². The maximum Gasteiger partial charge on any atom is 0.285 e. The van der Waals surface area contributed by atoms with E-state index in [4.69, 9.17) is 14.6 Å². The van der Waals surface area contributed by atoms with Gasteiger partial charge >= 0.3 is 0 Å². The van der Waals surface area contributed by atoms with Crippen molar-refractivity contribution >= 4 is 17.3 Å². The standard InChI is InChI=1S/C24H26N6O4/c1-3-7-21(18(2)30(31)32)25-22-15-24(28-10-12-33-13-11-28)29-23(26-22)14-20(27-29)17-34-16-19-8-5-4-6-9-19/h3-9,14-15H,1-2,10-13,16-17H2,(H,25,26)/b21-7+. The molecule has 0 aliphatic carbocycles. The van der Waals surface area contributed by atoms with Crippen LogP contribution in [0.25, 0.3) is 5.65 Å². The van der Waals surface area contributed by atoms with E-state index < -0.39 is 4.92 Å². The van der Waals surface area contributed by atoms with Gasteiger partial charge in [0.15, 0.2) is 5.65 Å². The predicted molar refractivity (Wildman–Crippen MR) is 129 cm³/mol. The average Bonchev–Trinajstić information content (AvgIpc) is 3.26. The van der Waals surface area contributed by atoms with E-state index in [1.807, 2.05) is 42.5 Å². The van der Waals surface area contributed by atoms with Crippen LogP contribution in [-0.4, -0.2) is 45.8 Å². The van der Waals surface area contributed by atoms with Crippen LogP contribution in [0.3, 0.4) is 0 Å². The third-order valence-electron chi connectivity index (χ3n) is 5.23. The highest BCUT2D eigenvalue weighted by atomic mass is 16.6. The summed E-state index contributed by atoms with van der Waals surface area (Å²) in [6, 6.07) is 13.6. The maximum absolute atomic E-state index is 11.3. The molecule has 0 spiro atoms. The third-order valence-corrected chi connectivity index (χ3v) is 5.23. The molecule has 0 unspecified atom stereocenters. The number of nitro groups is 1. The first kappa shape index (κ1) is 23.1. The van der Waals surface area contributed by atoms with Gasteiger partial charge in [0.05, 0.1) is 37.0 Å². The Labute approximate surface area is 197 Å². The molecule has 0 atom stereocenters. The summed E-state index contributed by atoms with van der Waals surface area (Å²) in [7, 11) is 0.